The van der Waals surface area contributed by atoms with Gasteiger partial charge in [-0.2, -0.15) is 5.10 Å². The second-order valence-corrected chi connectivity index (χ2v) is 7.37. The lowest BCUT2D eigenvalue weighted by molar-refractivity contribution is -0.128. The molecule has 6 nitrogen and oxygen atoms in total. The monoisotopic (exact) mass is 389 g/mol. The van der Waals surface area contributed by atoms with Crippen molar-refractivity contribution in [3.8, 4) is 5.69 Å². The van der Waals surface area contributed by atoms with Crippen LogP contribution in [0, 0.1) is 13.8 Å². The molecule has 1 aliphatic rings. The van der Waals surface area contributed by atoms with Gasteiger partial charge in [-0.3, -0.25) is 4.79 Å². The molecule has 0 bridgehead atoms. The summed E-state index contributed by atoms with van der Waals surface area (Å²) in [6.45, 7) is 4.17. The van der Waals surface area contributed by atoms with Crippen LogP contribution in [-0.4, -0.2) is 39.3 Å². The average molecular weight is 389 g/mol. The van der Waals surface area contributed by atoms with Gasteiger partial charge in [-0.15, -0.1) is 0 Å². The van der Waals surface area contributed by atoms with Crippen LogP contribution in [0.4, 0.5) is 4.79 Å². The molecule has 2 aromatic carbocycles. The van der Waals surface area contributed by atoms with Crippen LogP contribution in [0.1, 0.15) is 22.5 Å². The molecule has 3 aromatic rings. The molecular weight excluding hydrogens is 366 g/mol. The van der Waals surface area contributed by atoms with Crippen LogP contribution in [0.5, 0.6) is 0 Å². The predicted molar refractivity (Wildman–Crippen MR) is 109 cm³/mol. The molecule has 4 rings (SSSR count). The Labute approximate surface area is 169 Å². The van der Waals surface area contributed by atoms with Gasteiger partial charge >= 0.3 is 6.09 Å². The van der Waals surface area contributed by atoms with Crippen molar-refractivity contribution in [2.75, 3.05) is 6.61 Å². The number of cyclic esters (lactones) is 1. The quantitative estimate of drug-likeness (QED) is 0.669. The average Bonchev–Trinajstić information content (AvgIpc) is 3.24. The lowest BCUT2D eigenvalue weighted by Crippen LogP contribution is -2.41. The zero-order valence-corrected chi connectivity index (χ0v) is 16.5. The Kier molecular flexibility index (Phi) is 5.16. The molecule has 1 atom stereocenters. The number of rotatable bonds is 5. The van der Waals surface area contributed by atoms with E-state index in [4.69, 9.17) is 4.74 Å². The Bertz CT molecular complexity index is 1040. The molecule has 1 aromatic heterocycles. The van der Waals surface area contributed by atoms with Gasteiger partial charge in [-0.1, -0.05) is 42.5 Å². The molecule has 6 heteroatoms. The molecule has 1 saturated heterocycles. The number of carbonyl (C=O) groups excluding carboxylic acids is 2. The lowest BCUT2D eigenvalue weighted by atomic mass is 10.0. The van der Waals surface area contributed by atoms with Gasteiger partial charge in [-0.25, -0.2) is 14.4 Å². The molecule has 1 fully saturated rings. The summed E-state index contributed by atoms with van der Waals surface area (Å²) in [5.41, 5.74) is 4.76. The van der Waals surface area contributed by atoms with Crippen LogP contribution in [0.2, 0.25) is 0 Å². The van der Waals surface area contributed by atoms with Crippen molar-refractivity contribution < 1.29 is 14.3 Å². The van der Waals surface area contributed by atoms with Crippen LogP contribution in [0.25, 0.3) is 5.69 Å². The van der Waals surface area contributed by atoms with E-state index in [0.29, 0.717) is 6.42 Å². The largest absolute Gasteiger partial charge is 0.447 e. The number of imide groups is 1. The van der Waals surface area contributed by atoms with Crippen molar-refractivity contribution >= 4 is 12.0 Å². The van der Waals surface area contributed by atoms with E-state index >= 15 is 0 Å². The van der Waals surface area contributed by atoms with Crippen LogP contribution in [0.15, 0.2) is 60.7 Å². The fourth-order valence-electron chi connectivity index (χ4n) is 3.75. The standard InChI is InChI=1S/C23H23N3O3/c1-16-11-17(2)26(24-16)20-10-6-9-19(13-20)14-22(27)25-21(15-29-23(25)28)12-18-7-4-3-5-8-18/h3-11,13,21H,12,14-15H2,1-2H3/t21-/m0/s1. The summed E-state index contributed by atoms with van der Waals surface area (Å²) in [5.74, 6) is -0.251. The van der Waals surface area contributed by atoms with Gasteiger partial charge < -0.3 is 4.74 Å². The second kappa shape index (κ2) is 7.91. The number of hydrogen-bond acceptors (Lipinski definition) is 4. The number of aromatic nitrogens is 2. The highest BCUT2D eigenvalue weighted by Gasteiger charge is 2.37. The number of ether oxygens (including phenoxy) is 1. The van der Waals surface area contributed by atoms with Crippen LogP contribution >= 0.6 is 0 Å². The molecule has 0 saturated carbocycles. The third-order valence-electron chi connectivity index (χ3n) is 5.06. The summed E-state index contributed by atoms with van der Waals surface area (Å²) >= 11 is 0. The number of carbonyl (C=O) groups is 2. The van der Waals surface area contributed by atoms with Crippen LogP contribution < -0.4 is 0 Å². The Hall–Kier alpha value is -3.41. The minimum Gasteiger partial charge on any atom is -0.447 e. The van der Waals surface area contributed by atoms with Crippen LogP contribution in [0.3, 0.4) is 0 Å². The van der Waals surface area contributed by atoms with Crippen molar-refractivity contribution in [3.63, 3.8) is 0 Å². The van der Waals surface area contributed by atoms with Gasteiger partial charge in [0.1, 0.15) is 6.61 Å². The van der Waals surface area contributed by atoms with E-state index in [0.717, 1.165) is 28.2 Å². The van der Waals surface area contributed by atoms with E-state index in [2.05, 4.69) is 5.10 Å². The van der Waals surface area contributed by atoms with Crippen molar-refractivity contribution in [3.05, 3.63) is 83.2 Å². The Morgan fingerprint density at radius 2 is 1.83 bits per heavy atom. The number of nitrogens with zero attached hydrogens (tertiary/aromatic N) is 3. The van der Waals surface area contributed by atoms with Gasteiger partial charge in [0.25, 0.3) is 0 Å². The summed E-state index contributed by atoms with van der Waals surface area (Å²) in [6, 6.07) is 19.2. The van der Waals surface area contributed by atoms with Gasteiger partial charge in [0, 0.05) is 5.69 Å². The summed E-state index contributed by atoms with van der Waals surface area (Å²) in [4.78, 5) is 26.4. The maximum atomic E-state index is 12.9. The molecule has 2 amide bonds. The van der Waals surface area contributed by atoms with E-state index in [1.54, 1.807) is 0 Å². The maximum absolute atomic E-state index is 12.9. The molecule has 29 heavy (non-hydrogen) atoms. The van der Waals surface area contributed by atoms with E-state index in [1.807, 2.05) is 79.2 Å². The first-order valence-corrected chi connectivity index (χ1v) is 9.66. The molecule has 0 radical (unpaired) electrons. The van der Waals surface area contributed by atoms with Crippen molar-refractivity contribution in [1.82, 2.24) is 14.7 Å². The number of aryl methyl sites for hydroxylation is 2. The number of amides is 2. The molecular formula is C23H23N3O3. The Balaban J connectivity index is 1.51. The summed E-state index contributed by atoms with van der Waals surface area (Å²) < 4.78 is 7.03. The van der Waals surface area contributed by atoms with E-state index < -0.39 is 6.09 Å². The smallest absolute Gasteiger partial charge is 0.416 e. The molecule has 0 N–H and O–H groups in total. The number of hydrogen-bond donors (Lipinski definition) is 0. The highest BCUT2D eigenvalue weighted by Crippen LogP contribution is 2.20. The normalized spacial score (nSPS) is 16.1. The van der Waals surface area contributed by atoms with Gasteiger partial charge in [-0.05, 0) is 49.6 Å². The number of benzene rings is 2. The van der Waals surface area contributed by atoms with E-state index in [9.17, 15) is 9.59 Å². The summed E-state index contributed by atoms with van der Waals surface area (Å²) in [5, 5.41) is 4.50. The Morgan fingerprint density at radius 3 is 2.55 bits per heavy atom. The fraction of sp³-hybridized carbons (Fsp3) is 0.261. The molecule has 0 aliphatic carbocycles. The third-order valence-corrected chi connectivity index (χ3v) is 5.06. The van der Waals surface area contributed by atoms with Gasteiger partial charge in [0.2, 0.25) is 5.91 Å². The Morgan fingerprint density at radius 1 is 1.07 bits per heavy atom. The second-order valence-electron chi connectivity index (χ2n) is 7.37. The molecule has 1 aliphatic heterocycles. The van der Waals surface area contributed by atoms with E-state index in [1.165, 1.54) is 4.90 Å². The highest BCUT2D eigenvalue weighted by atomic mass is 16.6. The van der Waals surface area contributed by atoms with Gasteiger partial charge in [0.15, 0.2) is 0 Å². The third kappa shape index (κ3) is 4.06. The lowest BCUT2D eigenvalue weighted by Gasteiger charge is -2.20. The van der Waals surface area contributed by atoms with Crippen LogP contribution in [-0.2, 0) is 22.4 Å². The molecule has 0 spiro atoms. The molecule has 2 heterocycles. The van der Waals surface area contributed by atoms with Crippen molar-refractivity contribution in [1.29, 1.82) is 0 Å². The zero-order valence-electron chi connectivity index (χ0n) is 16.5. The molecule has 148 valence electrons. The highest BCUT2D eigenvalue weighted by molar-refractivity contribution is 5.94. The first-order valence-electron chi connectivity index (χ1n) is 9.66. The topological polar surface area (TPSA) is 64.4 Å². The SMILES string of the molecule is Cc1cc(C)n(-c2cccc(CC(=O)N3C(=O)OC[C@@H]3Cc3ccccc3)c2)n1. The van der Waals surface area contributed by atoms with Crippen molar-refractivity contribution in [2.24, 2.45) is 0 Å². The first kappa shape index (κ1) is 18.9. The maximum Gasteiger partial charge on any atom is 0.416 e. The van der Waals surface area contributed by atoms with Crippen molar-refractivity contribution in [2.45, 2.75) is 32.7 Å². The fourth-order valence-corrected chi connectivity index (χ4v) is 3.75. The predicted octanol–water partition coefficient (Wildman–Crippen LogP) is 3.62. The first-order chi connectivity index (χ1) is 14.0. The minimum atomic E-state index is -0.564. The minimum absolute atomic E-state index is 0.132. The summed E-state index contributed by atoms with van der Waals surface area (Å²) in [6.07, 6.45) is 0.156. The summed E-state index contributed by atoms with van der Waals surface area (Å²) in [7, 11) is 0. The van der Waals surface area contributed by atoms with E-state index in [-0.39, 0.29) is 25.0 Å². The van der Waals surface area contributed by atoms with Gasteiger partial charge in [0.05, 0.1) is 23.8 Å². The zero-order chi connectivity index (χ0) is 20.4. The molecule has 0 unspecified atom stereocenters.